The fourth-order valence-corrected chi connectivity index (χ4v) is 10.1. The van der Waals surface area contributed by atoms with Crippen molar-refractivity contribution >= 4 is 11.9 Å². The zero-order chi connectivity index (χ0) is 56.2. The summed E-state index contributed by atoms with van der Waals surface area (Å²) in [5.74, 6) is -0.583. The summed E-state index contributed by atoms with van der Waals surface area (Å²) in [4.78, 5) is 24.6. The molecule has 0 fully saturated rings. The molecule has 0 radical (unpaired) electrons. The molecular weight excluding hydrogens is 957 g/mol. The maximum atomic E-state index is 12.3. The average molecular weight is 1090 g/mol. The minimum Gasteiger partial charge on any atom is -0.462 e. The van der Waals surface area contributed by atoms with Crippen LogP contribution in [0.5, 0.6) is 0 Å². The van der Waals surface area contributed by atoms with E-state index in [0.29, 0.717) is 12.8 Å². The lowest BCUT2D eigenvalue weighted by Crippen LogP contribution is -2.28. The van der Waals surface area contributed by atoms with Crippen LogP contribution in [0.1, 0.15) is 348 Å². The summed E-state index contributed by atoms with van der Waals surface area (Å²) in [5, 5.41) is 9.68. The van der Waals surface area contributed by atoms with Crippen LogP contribution in [0, 0.1) is 0 Å². The van der Waals surface area contributed by atoms with Crippen LogP contribution < -0.4 is 0 Å². The van der Waals surface area contributed by atoms with Gasteiger partial charge in [-0.15, -0.1) is 0 Å². The first-order chi connectivity index (χ1) is 38.6. The van der Waals surface area contributed by atoms with Crippen molar-refractivity contribution in [3.8, 4) is 0 Å². The summed E-state index contributed by atoms with van der Waals surface area (Å²) in [6.07, 6.45) is 96.2. The van der Waals surface area contributed by atoms with Crippen molar-refractivity contribution in [1.29, 1.82) is 0 Å². The maximum absolute atomic E-state index is 12.3. The van der Waals surface area contributed by atoms with Crippen LogP contribution in [-0.4, -0.2) is 36.4 Å². The monoisotopic (exact) mass is 1090 g/mol. The van der Waals surface area contributed by atoms with E-state index >= 15 is 0 Å². The van der Waals surface area contributed by atoms with E-state index in [2.05, 4.69) is 98.9 Å². The quantitative estimate of drug-likeness (QED) is 0.0373. The third kappa shape index (κ3) is 65.6. The van der Waals surface area contributed by atoms with Gasteiger partial charge >= 0.3 is 11.9 Å². The maximum Gasteiger partial charge on any atom is 0.306 e. The number of rotatable bonds is 63. The molecule has 0 aliphatic heterocycles. The number of hydrogen-bond donors (Lipinski definition) is 1. The molecule has 0 heterocycles. The summed E-state index contributed by atoms with van der Waals surface area (Å²) in [6, 6.07) is 0. The molecule has 0 aliphatic rings. The minimum absolute atomic E-state index is 0.0666. The Kier molecular flexibility index (Phi) is 65.8. The van der Waals surface area contributed by atoms with Crippen LogP contribution in [0.25, 0.3) is 0 Å². The fraction of sp³-hybridized carbons (Fsp3) is 0.781. The summed E-state index contributed by atoms with van der Waals surface area (Å²) in [6.45, 7) is 4.05. The van der Waals surface area contributed by atoms with Gasteiger partial charge in [0.15, 0.2) is 6.10 Å². The first-order valence-electron chi connectivity index (χ1n) is 34.1. The van der Waals surface area contributed by atoms with Crippen LogP contribution >= 0.6 is 0 Å². The van der Waals surface area contributed by atoms with Gasteiger partial charge in [-0.25, -0.2) is 0 Å². The predicted octanol–water partition coefficient (Wildman–Crippen LogP) is 23.7. The minimum atomic E-state index is -0.777. The molecule has 0 aromatic heterocycles. The molecule has 0 saturated carbocycles. The first-order valence-corrected chi connectivity index (χ1v) is 34.1. The van der Waals surface area contributed by atoms with E-state index < -0.39 is 6.10 Å². The molecule has 0 spiro atoms. The molecule has 1 atom stereocenters. The van der Waals surface area contributed by atoms with Gasteiger partial charge in [0.2, 0.25) is 0 Å². The Hall–Kier alpha value is -2.92. The zero-order valence-corrected chi connectivity index (χ0v) is 51.9. The van der Waals surface area contributed by atoms with Crippen molar-refractivity contribution in [2.45, 2.75) is 354 Å². The highest BCUT2D eigenvalue weighted by Gasteiger charge is 2.16. The third-order valence-corrected chi connectivity index (χ3v) is 15.2. The summed E-state index contributed by atoms with van der Waals surface area (Å²) >= 11 is 0. The van der Waals surface area contributed by atoms with Crippen molar-refractivity contribution in [3.05, 3.63) is 85.1 Å². The van der Waals surface area contributed by atoms with Gasteiger partial charge in [0, 0.05) is 12.8 Å². The number of carbonyl (C=O) groups is 2. The van der Waals surface area contributed by atoms with Gasteiger partial charge < -0.3 is 14.6 Å². The van der Waals surface area contributed by atoms with Gasteiger partial charge in [-0.3, -0.25) is 9.59 Å². The second-order valence-electron chi connectivity index (χ2n) is 22.9. The Bertz CT molecular complexity index is 1420. The highest BCUT2D eigenvalue weighted by molar-refractivity contribution is 5.70. The highest BCUT2D eigenvalue weighted by atomic mass is 16.6. The van der Waals surface area contributed by atoms with Crippen molar-refractivity contribution in [1.82, 2.24) is 0 Å². The SMILES string of the molecule is CC/C=C\C/C=C\C/C=C\C/C=C\CCCCCCCCCCCCC(=O)OC(CO)COC(=O)CCCCCCCCCCCCCCCCCCCCCCCCCCCC/C=C\C/C=C\C/C=C\CCCCCCC. The van der Waals surface area contributed by atoms with Crippen molar-refractivity contribution in [2.24, 2.45) is 0 Å². The number of allylic oxidation sites excluding steroid dienone is 14. The van der Waals surface area contributed by atoms with E-state index in [9.17, 15) is 14.7 Å². The number of ether oxygens (including phenoxy) is 2. The molecule has 5 nitrogen and oxygen atoms in total. The van der Waals surface area contributed by atoms with Crippen LogP contribution in [0.3, 0.4) is 0 Å². The van der Waals surface area contributed by atoms with E-state index in [1.54, 1.807) is 0 Å². The summed E-state index contributed by atoms with van der Waals surface area (Å²) in [5.41, 5.74) is 0. The summed E-state index contributed by atoms with van der Waals surface area (Å²) in [7, 11) is 0. The van der Waals surface area contributed by atoms with E-state index in [4.69, 9.17) is 9.47 Å². The second kappa shape index (κ2) is 68.4. The van der Waals surface area contributed by atoms with Gasteiger partial charge in [-0.05, 0) is 89.9 Å². The van der Waals surface area contributed by atoms with Gasteiger partial charge in [0.25, 0.3) is 0 Å². The summed E-state index contributed by atoms with van der Waals surface area (Å²) < 4.78 is 10.7. The van der Waals surface area contributed by atoms with Crippen LogP contribution in [-0.2, 0) is 19.1 Å². The number of esters is 2. The highest BCUT2D eigenvalue weighted by Crippen LogP contribution is 2.18. The number of aliphatic hydroxyl groups excluding tert-OH is 1. The van der Waals surface area contributed by atoms with E-state index in [1.165, 1.54) is 244 Å². The van der Waals surface area contributed by atoms with Gasteiger partial charge in [0.1, 0.15) is 6.61 Å². The third-order valence-electron chi connectivity index (χ3n) is 15.2. The molecule has 0 rings (SSSR count). The molecule has 78 heavy (non-hydrogen) atoms. The number of carbonyl (C=O) groups excluding carboxylic acids is 2. The Morgan fingerprint density at radius 1 is 0.308 bits per heavy atom. The van der Waals surface area contributed by atoms with Crippen LogP contribution in [0.2, 0.25) is 0 Å². The Balaban J connectivity index is 3.40. The lowest BCUT2D eigenvalue weighted by atomic mass is 10.0. The number of unbranched alkanes of at least 4 members (excludes halogenated alkanes) is 41. The molecule has 0 bridgehead atoms. The fourth-order valence-electron chi connectivity index (χ4n) is 10.1. The largest absolute Gasteiger partial charge is 0.462 e. The lowest BCUT2D eigenvalue weighted by Gasteiger charge is -2.15. The molecule has 1 unspecified atom stereocenters. The van der Waals surface area contributed by atoms with Crippen molar-refractivity contribution in [2.75, 3.05) is 13.2 Å². The molecule has 1 N–H and O–H groups in total. The first kappa shape index (κ1) is 75.1. The molecule has 0 saturated heterocycles. The normalized spacial score (nSPS) is 12.7. The lowest BCUT2D eigenvalue weighted by molar-refractivity contribution is -0.161. The number of hydrogen-bond acceptors (Lipinski definition) is 5. The van der Waals surface area contributed by atoms with E-state index in [1.807, 2.05) is 0 Å². The van der Waals surface area contributed by atoms with E-state index in [0.717, 1.165) is 77.0 Å². The van der Waals surface area contributed by atoms with Gasteiger partial charge in [-0.2, -0.15) is 0 Å². The Morgan fingerprint density at radius 3 is 0.833 bits per heavy atom. The molecule has 0 aromatic carbocycles. The molecule has 452 valence electrons. The van der Waals surface area contributed by atoms with Gasteiger partial charge in [-0.1, -0.05) is 330 Å². The van der Waals surface area contributed by atoms with Crippen molar-refractivity contribution < 1.29 is 24.2 Å². The zero-order valence-electron chi connectivity index (χ0n) is 51.9. The standard InChI is InChI=1S/C73H130O5/c1-3-5-7-9-11-13-15-17-19-21-23-25-27-28-29-30-31-32-33-34-35-36-37-38-39-40-41-42-43-44-46-47-49-51-53-55-57-59-61-63-65-67-72(75)77-70-71(69-74)78-73(76)68-66-64-62-60-58-56-54-52-50-48-45-26-24-22-20-18-16-14-12-10-8-6-4-2/h6,8,12,14-15,17-18,20-21,23-24,26-28,71,74H,3-5,7,9-11,13,16,19,22,25,29-70H2,1-2H3/b8-6-,14-12-,17-15-,20-18-,23-21-,26-24-,28-27-. The smallest absolute Gasteiger partial charge is 0.306 e. The molecule has 5 heteroatoms. The van der Waals surface area contributed by atoms with E-state index in [-0.39, 0.29) is 25.2 Å². The molecule has 0 aromatic rings. The van der Waals surface area contributed by atoms with Gasteiger partial charge in [0.05, 0.1) is 6.61 Å². The Labute approximate surface area is 486 Å². The van der Waals surface area contributed by atoms with Crippen molar-refractivity contribution in [3.63, 3.8) is 0 Å². The predicted molar refractivity (Wildman–Crippen MR) is 343 cm³/mol. The Morgan fingerprint density at radius 2 is 0.551 bits per heavy atom. The average Bonchev–Trinajstić information content (AvgIpc) is 3.44. The number of aliphatic hydroxyl groups is 1. The molecular formula is C73H130O5. The van der Waals surface area contributed by atoms with Crippen LogP contribution in [0.4, 0.5) is 0 Å². The molecule has 0 amide bonds. The second-order valence-corrected chi connectivity index (χ2v) is 22.9. The van der Waals surface area contributed by atoms with Crippen LogP contribution in [0.15, 0.2) is 85.1 Å². The topological polar surface area (TPSA) is 72.8 Å². The molecule has 0 aliphatic carbocycles.